The van der Waals surface area contributed by atoms with E-state index in [4.69, 9.17) is 5.73 Å². The van der Waals surface area contributed by atoms with Crippen LogP contribution in [-0.4, -0.2) is 24.4 Å². The van der Waals surface area contributed by atoms with Gasteiger partial charge in [0.15, 0.2) is 0 Å². The molecule has 1 atom stereocenters. The highest BCUT2D eigenvalue weighted by atomic mass is 19.1. The van der Waals surface area contributed by atoms with Crippen molar-refractivity contribution in [2.24, 2.45) is 17.6 Å². The molecule has 0 heterocycles. The minimum absolute atomic E-state index is 0.0282. The second-order valence-corrected chi connectivity index (χ2v) is 5.39. The Morgan fingerprint density at radius 1 is 1.42 bits per heavy atom. The molecule has 0 aliphatic heterocycles. The molecular weight excluding hydrogens is 243 g/mol. The highest BCUT2D eigenvalue weighted by molar-refractivity contribution is 5.78. The van der Waals surface area contributed by atoms with E-state index in [0.717, 1.165) is 12.0 Å². The van der Waals surface area contributed by atoms with Crippen molar-refractivity contribution in [3.05, 3.63) is 35.6 Å². The summed E-state index contributed by atoms with van der Waals surface area (Å²) in [4.78, 5) is 13.9. The predicted octanol–water partition coefficient (Wildman–Crippen LogP) is 2.41. The van der Waals surface area contributed by atoms with Gasteiger partial charge in [-0.2, -0.15) is 0 Å². The molecule has 0 bridgehead atoms. The Bertz CT molecular complexity index is 420. The highest BCUT2D eigenvalue weighted by Crippen LogP contribution is 2.15. The summed E-state index contributed by atoms with van der Waals surface area (Å²) in [6, 6.07) is 6.31. The van der Waals surface area contributed by atoms with E-state index in [1.165, 1.54) is 12.1 Å². The van der Waals surface area contributed by atoms with Crippen molar-refractivity contribution in [1.82, 2.24) is 4.90 Å². The maximum Gasteiger partial charge on any atom is 0.227 e. The third-order valence-corrected chi connectivity index (χ3v) is 3.07. The summed E-state index contributed by atoms with van der Waals surface area (Å²) >= 11 is 0. The average molecular weight is 266 g/mol. The first-order valence-electron chi connectivity index (χ1n) is 6.63. The van der Waals surface area contributed by atoms with E-state index in [0.29, 0.717) is 19.0 Å². The third-order valence-electron chi connectivity index (χ3n) is 3.07. The summed E-state index contributed by atoms with van der Waals surface area (Å²) < 4.78 is 13.1. The minimum atomic E-state index is -0.282. The van der Waals surface area contributed by atoms with Crippen molar-refractivity contribution in [3.63, 3.8) is 0 Å². The van der Waals surface area contributed by atoms with Crippen LogP contribution in [0.25, 0.3) is 0 Å². The Kier molecular flexibility index (Phi) is 5.96. The zero-order valence-electron chi connectivity index (χ0n) is 11.9. The van der Waals surface area contributed by atoms with Crippen LogP contribution < -0.4 is 5.73 Å². The fourth-order valence-corrected chi connectivity index (χ4v) is 2.17. The number of carbonyl (C=O) groups excluding carboxylic acids is 1. The summed E-state index contributed by atoms with van der Waals surface area (Å²) in [5, 5.41) is 0. The van der Waals surface area contributed by atoms with Crippen LogP contribution in [0.2, 0.25) is 0 Å². The molecule has 4 heteroatoms. The molecule has 0 radical (unpaired) electrons. The summed E-state index contributed by atoms with van der Waals surface area (Å²) in [5.74, 6) is 0.0231. The molecule has 1 unspecified atom stereocenters. The maximum absolute atomic E-state index is 13.1. The van der Waals surface area contributed by atoms with Gasteiger partial charge < -0.3 is 10.6 Å². The van der Waals surface area contributed by atoms with Crippen molar-refractivity contribution < 1.29 is 9.18 Å². The normalized spacial score (nSPS) is 12.5. The van der Waals surface area contributed by atoms with Crippen LogP contribution >= 0.6 is 0 Å². The number of carbonyl (C=O) groups is 1. The number of benzene rings is 1. The third kappa shape index (κ3) is 4.99. The van der Waals surface area contributed by atoms with Crippen LogP contribution in [-0.2, 0) is 11.3 Å². The molecule has 19 heavy (non-hydrogen) atoms. The number of rotatable bonds is 6. The van der Waals surface area contributed by atoms with Crippen LogP contribution in [0.1, 0.15) is 25.8 Å². The smallest absolute Gasteiger partial charge is 0.227 e. The summed E-state index contributed by atoms with van der Waals surface area (Å²) in [6.07, 6.45) is 0.781. The van der Waals surface area contributed by atoms with Gasteiger partial charge in [0.2, 0.25) is 5.91 Å². The molecule has 2 N–H and O–H groups in total. The lowest BCUT2D eigenvalue weighted by atomic mass is 9.96. The van der Waals surface area contributed by atoms with Gasteiger partial charge >= 0.3 is 0 Å². The Morgan fingerprint density at radius 2 is 2.11 bits per heavy atom. The van der Waals surface area contributed by atoms with Crippen molar-refractivity contribution >= 4 is 5.91 Å². The summed E-state index contributed by atoms with van der Waals surface area (Å²) in [5.41, 5.74) is 6.46. The fourth-order valence-electron chi connectivity index (χ4n) is 2.17. The molecular formula is C15H23FN2O. The lowest BCUT2D eigenvalue weighted by molar-refractivity contribution is -0.134. The Hall–Kier alpha value is -1.42. The largest absolute Gasteiger partial charge is 0.341 e. The van der Waals surface area contributed by atoms with Crippen LogP contribution in [0.15, 0.2) is 24.3 Å². The van der Waals surface area contributed by atoms with Gasteiger partial charge in [0.25, 0.3) is 0 Å². The van der Waals surface area contributed by atoms with E-state index in [-0.39, 0.29) is 17.6 Å². The number of halogens is 1. The first-order valence-corrected chi connectivity index (χ1v) is 6.63. The quantitative estimate of drug-likeness (QED) is 0.859. The molecule has 106 valence electrons. The average Bonchev–Trinajstić information content (AvgIpc) is 2.34. The predicted molar refractivity (Wildman–Crippen MR) is 74.9 cm³/mol. The van der Waals surface area contributed by atoms with E-state index >= 15 is 0 Å². The van der Waals surface area contributed by atoms with Gasteiger partial charge in [0.1, 0.15) is 5.82 Å². The molecule has 0 fully saturated rings. The van der Waals surface area contributed by atoms with Crippen LogP contribution in [0.5, 0.6) is 0 Å². The molecule has 0 aromatic heterocycles. The monoisotopic (exact) mass is 266 g/mol. The van der Waals surface area contributed by atoms with Gasteiger partial charge in [-0.25, -0.2) is 4.39 Å². The second kappa shape index (κ2) is 7.24. The molecule has 0 aliphatic rings. The first kappa shape index (κ1) is 15.6. The van der Waals surface area contributed by atoms with Crippen LogP contribution in [0.3, 0.4) is 0 Å². The Balaban J connectivity index is 2.65. The molecule has 1 rings (SSSR count). The zero-order valence-corrected chi connectivity index (χ0v) is 11.9. The second-order valence-electron chi connectivity index (χ2n) is 5.39. The van der Waals surface area contributed by atoms with Crippen molar-refractivity contribution in [2.45, 2.75) is 26.8 Å². The highest BCUT2D eigenvalue weighted by Gasteiger charge is 2.21. The van der Waals surface area contributed by atoms with E-state index in [1.54, 1.807) is 18.0 Å². The van der Waals surface area contributed by atoms with E-state index in [2.05, 4.69) is 13.8 Å². The molecule has 1 amide bonds. The lowest BCUT2D eigenvalue weighted by Gasteiger charge is -2.24. The zero-order chi connectivity index (χ0) is 14.4. The van der Waals surface area contributed by atoms with Gasteiger partial charge in [-0.3, -0.25) is 4.79 Å². The molecule has 0 saturated heterocycles. The SMILES string of the molecule is CC(C)CC(CN)C(=O)N(C)Cc1cccc(F)c1. The number of nitrogens with zero attached hydrogens (tertiary/aromatic N) is 1. The molecule has 1 aromatic carbocycles. The minimum Gasteiger partial charge on any atom is -0.341 e. The molecule has 0 saturated carbocycles. The van der Waals surface area contributed by atoms with Crippen LogP contribution in [0, 0.1) is 17.7 Å². The standard InChI is InChI=1S/C15H23FN2O/c1-11(2)7-13(9-17)15(19)18(3)10-12-5-4-6-14(16)8-12/h4-6,8,11,13H,7,9-10,17H2,1-3H3. The van der Waals surface area contributed by atoms with E-state index in [1.807, 2.05) is 6.07 Å². The molecule has 0 spiro atoms. The van der Waals surface area contributed by atoms with Crippen LogP contribution in [0.4, 0.5) is 4.39 Å². The molecule has 1 aromatic rings. The van der Waals surface area contributed by atoms with Crippen molar-refractivity contribution in [1.29, 1.82) is 0 Å². The number of hydrogen-bond acceptors (Lipinski definition) is 2. The summed E-state index contributed by atoms with van der Waals surface area (Å²) in [6.45, 7) is 4.90. The lowest BCUT2D eigenvalue weighted by Crippen LogP contribution is -2.37. The van der Waals surface area contributed by atoms with Crippen molar-refractivity contribution in [3.8, 4) is 0 Å². The number of hydrogen-bond donors (Lipinski definition) is 1. The maximum atomic E-state index is 13.1. The number of amides is 1. The van der Waals surface area contributed by atoms with Crippen molar-refractivity contribution in [2.75, 3.05) is 13.6 Å². The topological polar surface area (TPSA) is 46.3 Å². The fraction of sp³-hybridized carbons (Fsp3) is 0.533. The number of nitrogens with two attached hydrogens (primary N) is 1. The van der Waals surface area contributed by atoms with Gasteiger partial charge in [-0.1, -0.05) is 26.0 Å². The first-order chi connectivity index (χ1) is 8.93. The Morgan fingerprint density at radius 3 is 2.63 bits per heavy atom. The van der Waals surface area contributed by atoms with Gasteiger partial charge in [-0.15, -0.1) is 0 Å². The summed E-state index contributed by atoms with van der Waals surface area (Å²) in [7, 11) is 1.73. The van der Waals surface area contributed by atoms with E-state index in [9.17, 15) is 9.18 Å². The Labute approximate surface area is 114 Å². The van der Waals surface area contributed by atoms with E-state index < -0.39 is 0 Å². The van der Waals surface area contributed by atoms with Gasteiger partial charge in [-0.05, 0) is 30.0 Å². The molecule has 3 nitrogen and oxygen atoms in total. The van der Waals surface area contributed by atoms with Gasteiger partial charge in [0.05, 0.1) is 5.92 Å². The van der Waals surface area contributed by atoms with Gasteiger partial charge in [0, 0.05) is 20.1 Å². The molecule has 0 aliphatic carbocycles.